The van der Waals surface area contributed by atoms with Gasteiger partial charge in [-0.3, -0.25) is 0 Å². The largest absolute Gasteiger partial charge is 0.396 e. The second kappa shape index (κ2) is 7.47. The van der Waals surface area contributed by atoms with Crippen LogP contribution in [0.1, 0.15) is 38.2 Å². The van der Waals surface area contributed by atoms with Gasteiger partial charge in [-0.05, 0) is 24.3 Å². The minimum absolute atomic E-state index is 0.318. The van der Waals surface area contributed by atoms with Gasteiger partial charge in [0, 0.05) is 6.61 Å². The maximum atomic E-state index is 9.29. The molecule has 0 aliphatic heterocycles. The molecule has 0 radical (unpaired) electrons. The molecular weight excluding hydrogens is 184 g/mol. The number of benzene rings is 1. The molecule has 0 saturated carbocycles. The maximum absolute atomic E-state index is 9.29. The van der Waals surface area contributed by atoms with Crippen molar-refractivity contribution in [3.8, 4) is 0 Å². The lowest BCUT2D eigenvalue weighted by Crippen LogP contribution is -2.09. The highest BCUT2D eigenvalue weighted by Gasteiger charge is 2.07. The summed E-state index contributed by atoms with van der Waals surface area (Å²) < 4.78 is 0. The van der Waals surface area contributed by atoms with Crippen LogP contribution in [0.3, 0.4) is 0 Å². The van der Waals surface area contributed by atoms with E-state index in [0.717, 1.165) is 12.8 Å². The van der Waals surface area contributed by atoms with E-state index < -0.39 is 0 Å². The van der Waals surface area contributed by atoms with E-state index in [9.17, 15) is 5.11 Å². The molecule has 1 rings (SSSR count). The van der Waals surface area contributed by atoms with Crippen LogP contribution in [-0.2, 0) is 6.42 Å². The third-order valence-electron chi connectivity index (χ3n) is 2.84. The van der Waals surface area contributed by atoms with Crippen molar-refractivity contribution >= 4 is 0 Å². The van der Waals surface area contributed by atoms with Crippen LogP contribution in [0.5, 0.6) is 0 Å². The van der Waals surface area contributed by atoms with Gasteiger partial charge in [0.1, 0.15) is 0 Å². The first-order valence-corrected chi connectivity index (χ1v) is 6.01. The second-order valence-electron chi connectivity index (χ2n) is 4.23. The number of hydrogen-bond donors (Lipinski definition) is 1. The summed E-state index contributed by atoms with van der Waals surface area (Å²) in [5.41, 5.74) is 1.34. The van der Waals surface area contributed by atoms with Crippen LogP contribution < -0.4 is 0 Å². The SMILES string of the molecule is CCCCC[C@H](CO)Cc1ccccc1. The Morgan fingerprint density at radius 3 is 2.47 bits per heavy atom. The summed E-state index contributed by atoms with van der Waals surface area (Å²) in [6.07, 6.45) is 5.95. The van der Waals surface area contributed by atoms with E-state index >= 15 is 0 Å². The Labute approximate surface area is 93.1 Å². The molecule has 0 aliphatic rings. The van der Waals surface area contributed by atoms with E-state index in [4.69, 9.17) is 0 Å². The minimum Gasteiger partial charge on any atom is -0.396 e. The van der Waals surface area contributed by atoms with Gasteiger partial charge < -0.3 is 5.11 Å². The summed E-state index contributed by atoms with van der Waals surface area (Å²) in [6, 6.07) is 10.4. The van der Waals surface area contributed by atoms with Gasteiger partial charge in [0.05, 0.1) is 0 Å². The number of unbranched alkanes of at least 4 members (excludes halogenated alkanes) is 2. The molecule has 1 aromatic rings. The standard InChI is InChI=1S/C14H22O/c1-2-3-5-10-14(12-15)11-13-8-6-4-7-9-13/h4,6-9,14-15H,2-3,5,10-12H2,1H3/t14-/m0/s1. The van der Waals surface area contributed by atoms with E-state index in [2.05, 4.69) is 31.2 Å². The first kappa shape index (κ1) is 12.3. The van der Waals surface area contributed by atoms with Crippen LogP contribution in [0.4, 0.5) is 0 Å². The molecule has 0 spiro atoms. The van der Waals surface area contributed by atoms with Crippen LogP contribution in [0.15, 0.2) is 30.3 Å². The van der Waals surface area contributed by atoms with Gasteiger partial charge >= 0.3 is 0 Å². The monoisotopic (exact) mass is 206 g/mol. The summed E-state index contributed by atoms with van der Waals surface area (Å²) in [5, 5.41) is 9.29. The molecule has 0 aliphatic carbocycles. The first-order chi connectivity index (χ1) is 7.36. The molecule has 84 valence electrons. The highest BCUT2D eigenvalue weighted by atomic mass is 16.3. The quantitative estimate of drug-likeness (QED) is 0.678. The van der Waals surface area contributed by atoms with Crippen LogP contribution in [0.2, 0.25) is 0 Å². The van der Waals surface area contributed by atoms with Crippen molar-refractivity contribution in [2.45, 2.75) is 39.0 Å². The van der Waals surface area contributed by atoms with Gasteiger partial charge in [-0.2, -0.15) is 0 Å². The zero-order valence-electron chi connectivity index (χ0n) is 9.65. The van der Waals surface area contributed by atoms with Gasteiger partial charge in [-0.25, -0.2) is 0 Å². The topological polar surface area (TPSA) is 20.2 Å². The van der Waals surface area contributed by atoms with Crippen molar-refractivity contribution in [1.82, 2.24) is 0 Å². The molecule has 1 nitrogen and oxygen atoms in total. The molecule has 0 bridgehead atoms. The summed E-state index contributed by atoms with van der Waals surface area (Å²) >= 11 is 0. The normalized spacial score (nSPS) is 12.7. The van der Waals surface area contributed by atoms with Crippen molar-refractivity contribution in [2.24, 2.45) is 5.92 Å². The van der Waals surface area contributed by atoms with E-state index in [1.807, 2.05) is 6.07 Å². The fourth-order valence-electron chi connectivity index (χ4n) is 1.89. The fourth-order valence-corrected chi connectivity index (χ4v) is 1.89. The Bertz CT molecular complexity index is 243. The Balaban J connectivity index is 2.33. The van der Waals surface area contributed by atoms with Crippen molar-refractivity contribution in [3.63, 3.8) is 0 Å². The number of aliphatic hydroxyl groups is 1. The molecule has 1 heteroatoms. The molecule has 0 amide bonds. The predicted octanol–water partition coefficient (Wildman–Crippen LogP) is 3.42. The van der Waals surface area contributed by atoms with Gasteiger partial charge in [0.15, 0.2) is 0 Å². The fraction of sp³-hybridized carbons (Fsp3) is 0.571. The summed E-state index contributed by atoms with van der Waals surface area (Å²) in [6.45, 7) is 2.53. The van der Waals surface area contributed by atoms with Crippen molar-refractivity contribution in [3.05, 3.63) is 35.9 Å². The molecule has 0 saturated heterocycles. The third-order valence-corrected chi connectivity index (χ3v) is 2.84. The smallest absolute Gasteiger partial charge is 0.0462 e. The Hall–Kier alpha value is -0.820. The lowest BCUT2D eigenvalue weighted by Gasteiger charge is -2.13. The number of aliphatic hydroxyl groups excluding tert-OH is 1. The molecule has 15 heavy (non-hydrogen) atoms. The van der Waals surface area contributed by atoms with Gasteiger partial charge in [-0.15, -0.1) is 0 Å². The number of hydrogen-bond acceptors (Lipinski definition) is 1. The summed E-state index contributed by atoms with van der Waals surface area (Å²) in [5.74, 6) is 0.443. The van der Waals surface area contributed by atoms with Gasteiger partial charge in [0.2, 0.25) is 0 Å². The lowest BCUT2D eigenvalue weighted by molar-refractivity contribution is 0.215. The third kappa shape index (κ3) is 4.98. The minimum atomic E-state index is 0.318. The van der Waals surface area contributed by atoms with Gasteiger partial charge in [0.25, 0.3) is 0 Å². The Kier molecular flexibility index (Phi) is 6.10. The van der Waals surface area contributed by atoms with Crippen molar-refractivity contribution < 1.29 is 5.11 Å². The van der Waals surface area contributed by atoms with Gasteiger partial charge in [-0.1, -0.05) is 56.5 Å². The zero-order valence-corrected chi connectivity index (χ0v) is 9.65. The molecule has 0 unspecified atom stereocenters. The number of rotatable bonds is 7. The molecule has 0 heterocycles. The summed E-state index contributed by atoms with van der Waals surface area (Å²) in [7, 11) is 0. The first-order valence-electron chi connectivity index (χ1n) is 6.01. The predicted molar refractivity (Wildman–Crippen MR) is 64.9 cm³/mol. The lowest BCUT2D eigenvalue weighted by atomic mass is 9.94. The molecule has 1 atom stereocenters. The van der Waals surface area contributed by atoms with E-state index in [-0.39, 0.29) is 0 Å². The molecule has 0 aromatic heterocycles. The summed E-state index contributed by atoms with van der Waals surface area (Å²) in [4.78, 5) is 0. The highest BCUT2D eigenvalue weighted by molar-refractivity contribution is 5.15. The molecule has 1 N–H and O–H groups in total. The van der Waals surface area contributed by atoms with E-state index in [1.165, 1.54) is 24.8 Å². The van der Waals surface area contributed by atoms with Crippen LogP contribution in [0, 0.1) is 5.92 Å². The van der Waals surface area contributed by atoms with Crippen molar-refractivity contribution in [1.29, 1.82) is 0 Å². The molecule has 1 aromatic carbocycles. The van der Waals surface area contributed by atoms with E-state index in [1.54, 1.807) is 0 Å². The average molecular weight is 206 g/mol. The van der Waals surface area contributed by atoms with Crippen molar-refractivity contribution in [2.75, 3.05) is 6.61 Å². The van der Waals surface area contributed by atoms with E-state index in [0.29, 0.717) is 12.5 Å². The zero-order chi connectivity index (χ0) is 10.9. The highest BCUT2D eigenvalue weighted by Crippen LogP contribution is 2.15. The molecule has 0 fully saturated rings. The van der Waals surface area contributed by atoms with Crippen LogP contribution in [0.25, 0.3) is 0 Å². The Morgan fingerprint density at radius 1 is 1.13 bits per heavy atom. The molecular formula is C14H22O. The average Bonchev–Trinajstić information content (AvgIpc) is 2.29. The Morgan fingerprint density at radius 2 is 1.87 bits per heavy atom. The maximum Gasteiger partial charge on any atom is 0.0462 e. The van der Waals surface area contributed by atoms with Crippen LogP contribution in [-0.4, -0.2) is 11.7 Å². The van der Waals surface area contributed by atoms with Crippen LogP contribution >= 0.6 is 0 Å². The second-order valence-corrected chi connectivity index (χ2v) is 4.23.